The standard InChI is InChI=1S/C44H32/c1-2-10-32-26-37(24-19-29(32)9-1)44-41-15-7-5-13-39(41)43(40-14-6-8-16-42(40)44)31-20-17-30(18-21-31)35-22-23-36-25-33-11-3-4-12-34(33)27-38(36)28-35/h1-2,5-10,13-28H,3-4,11-12H2. The monoisotopic (exact) mass is 560 g/mol. The van der Waals surface area contributed by atoms with E-state index in [-0.39, 0.29) is 0 Å². The summed E-state index contributed by atoms with van der Waals surface area (Å²) in [6, 6.07) is 54.4. The number of hydrogen-bond donors (Lipinski definition) is 0. The highest BCUT2D eigenvalue weighted by Gasteiger charge is 2.17. The number of aryl methyl sites for hydroxylation is 2. The lowest BCUT2D eigenvalue weighted by Crippen LogP contribution is -2.02. The van der Waals surface area contributed by atoms with Crippen LogP contribution in [-0.2, 0) is 12.8 Å². The van der Waals surface area contributed by atoms with Crippen LogP contribution in [0.1, 0.15) is 24.0 Å². The van der Waals surface area contributed by atoms with Gasteiger partial charge in [-0.05, 0) is 125 Å². The van der Waals surface area contributed by atoms with E-state index in [1.54, 1.807) is 11.1 Å². The van der Waals surface area contributed by atoms with Crippen molar-refractivity contribution in [2.45, 2.75) is 25.7 Å². The van der Waals surface area contributed by atoms with Crippen LogP contribution in [0.5, 0.6) is 0 Å². The van der Waals surface area contributed by atoms with Crippen LogP contribution in [0, 0.1) is 0 Å². The Hall–Kier alpha value is -5.20. The van der Waals surface area contributed by atoms with Crippen LogP contribution in [-0.4, -0.2) is 0 Å². The molecule has 0 atom stereocenters. The summed E-state index contributed by atoms with van der Waals surface area (Å²) in [7, 11) is 0. The second kappa shape index (κ2) is 10.2. The molecular weight excluding hydrogens is 528 g/mol. The summed E-state index contributed by atoms with van der Waals surface area (Å²) in [5.41, 5.74) is 10.7. The van der Waals surface area contributed by atoms with Gasteiger partial charge in [0.15, 0.2) is 0 Å². The van der Waals surface area contributed by atoms with Gasteiger partial charge in [-0.2, -0.15) is 0 Å². The van der Waals surface area contributed by atoms with E-state index in [0.717, 1.165) is 0 Å². The van der Waals surface area contributed by atoms with Gasteiger partial charge in [0, 0.05) is 0 Å². The first-order valence-corrected chi connectivity index (χ1v) is 15.9. The molecule has 8 aromatic carbocycles. The van der Waals surface area contributed by atoms with Crippen LogP contribution >= 0.6 is 0 Å². The first-order valence-electron chi connectivity index (χ1n) is 15.9. The first kappa shape index (κ1) is 25.3. The molecular formula is C44H32. The zero-order valence-electron chi connectivity index (χ0n) is 24.7. The summed E-state index contributed by atoms with van der Waals surface area (Å²) < 4.78 is 0. The van der Waals surface area contributed by atoms with Gasteiger partial charge in [-0.3, -0.25) is 0 Å². The topological polar surface area (TPSA) is 0 Å². The van der Waals surface area contributed by atoms with Crippen molar-refractivity contribution in [2.24, 2.45) is 0 Å². The molecule has 1 aliphatic carbocycles. The second-order valence-corrected chi connectivity index (χ2v) is 12.4. The summed E-state index contributed by atoms with van der Waals surface area (Å²) in [6.07, 6.45) is 5.07. The fourth-order valence-electron chi connectivity index (χ4n) is 7.59. The van der Waals surface area contributed by atoms with Crippen LogP contribution in [0.2, 0.25) is 0 Å². The molecule has 44 heavy (non-hydrogen) atoms. The molecule has 0 aromatic heterocycles. The second-order valence-electron chi connectivity index (χ2n) is 12.4. The van der Waals surface area contributed by atoms with E-state index in [0.29, 0.717) is 0 Å². The predicted octanol–water partition coefficient (Wildman–Crippen LogP) is 12.2. The third kappa shape index (κ3) is 4.13. The van der Waals surface area contributed by atoms with Crippen molar-refractivity contribution in [3.63, 3.8) is 0 Å². The molecule has 0 radical (unpaired) electrons. The molecule has 0 bridgehead atoms. The van der Waals surface area contributed by atoms with Crippen LogP contribution in [0.25, 0.3) is 76.5 Å². The molecule has 9 rings (SSSR count). The Kier molecular flexibility index (Phi) is 5.87. The third-order valence-corrected chi connectivity index (χ3v) is 9.78. The molecule has 0 spiro atoms. The van der Waals surface area contributed by atoms with Crippen molar-refractivity contribution < 1.29 is 0 Å². The normalized spacial score (nSPS) is 13.1. The van der Waals surface area contributed by atoms with Gasteiger partial charge in [0.25, 0.3) is 0 Å². The molecule has 1 aliphatic rings. The molecule has 0 amide bonds. The lowest BCUT2D eigenvalue weighted by atomic mass is 9.85. The predicted molar refractivity (Wildman–Crippen MR) is 189 cm³/mol. The summed E-state index contributed by atoms with van der Waals surface area (Å²) in [5, 5.41) is 10.4. The quantitative estimate of drug-likeness (QED) is 0.189. The minimum absolute atomic E-state index is 1.21. The molecule has 0 unspecified atom stereocenters. The Morgan fingerprint density at radius 1 is 0.295 bits per heavy atom. The Morgan fingerprint density at radius 3 is 1.39 bits per heavy atom. The smallest absolute Gasteiger partial charge is 0.00262 e. The van der Waals surface area contributed by atoms with E-state index in [2.05, 4.69) is 146 Å². The van der Waals surface area contributed by atoms with Gasteiger partial charge in [-0.25, -0.2) is 0 Å². The fourth-order valence-corrected chi connectivity index (χ4v) is 7.59. The summed E-state index contributed by atoms with van der Waals surface area (Å²) >= 11 is 0. The minimum Gasteiger partial charge on any atom is -0.0616 e. The molecule has 0 aliphatic heterocycles. The van der Waals surface area contributed by atoms with Gasteiger partial charge in [0.05, 0.1) is 0 Å². The van der Waals surface area contributed by atoms with E-state index >= 15 is 0 Å². The SMILES string of the molecule is c1ccc2cc(-c3c4ccccc4c(-c4ccc(-c5ccc6cc7c(cc6c5)CCCC7)cc4)c4ccccc34)ccc2c1. The number of hydrogen-bond acceptors (Lipinski definition) is 0. The highest BCUT2D eigenvalue weighted by atomic mass is 14.2. The van der Waals surface area contributed by atoms with Crippen molar-refractivity contribution in [1.29, 1.82) is 0 Å². The minimum atomic E-state index is 1.21. The Labute approximate surface area is 258 Å². The van der Waals surface area contributed by atoms with E-state index in [1.807, 2.05) is 0 Å². The van der Waals surface area contributed by atoms with Gasteiger partial charge < -0.3 is 0 Å². The number of fused-ring (bicyclic) bond motifs is 5. The lowest BCUT2D eigenvalue weighted by Gasteiger charge is -2.18. The van der Waals surface area contributed by atoms with E-state index in [9.17, 15) is 0 Å². The molecule has 0 N–H and O–H groups in total. The first-order chi connectivity index (χ1) is 21.8. The third-order valence-electron chi connectivity index (χ3n) is 9.78. The van der Waals surface area contributed by atoms with Crippen molar-refractivity contribution in [1.82, 2.24) is 0 Å². The number of benzene rings is 8. The Balaban J connectivity index is 1.19. The van der Waals surface area contributed by atoms with Crippen LogP contribution < -0.4 is 0 Å². The molecule has 208 valence electrons. The molecule has 0 fully saturated rings. The van der Waals surface area contributed by atoms with Crippen molar-refractivity contribution >= 4 is 43.1 Å². The molecule has 0 nitrogen and oxygen atoms in total. The van der Waals surface area contributed by atoms with Gasteiger partial charge in [0.1, 0.15) is 0 Å². The van der Waals surface area contributed by atoms with Gasteiger partial charge in [-0.1, -0.05) is 133 Å². The zero-order valence-corrected chi connectivity index (χ0v) is 24.7. The number of rotatable bonds is 3. The maximum Gasteiger partial charge on any atom is -0.00262 e. The molecule has 0 heteroatoms. The van der Waals surface area contributed by atoms with E-state index in [4.69, 9.17) is 0 Å². The van der Waals surface area contributed by atoms with Crippen molar-refractivity contribution in [3.8, 4) is 33.4 Å². The lowest BCUT2D eigenvalue weighted by molar-refractivity contribution is 0.687. The maximum atomic E-state index is 2.44. The van der Waals surface area contributed by atoms with Crippen LogP contribution in [0.3, 0.4) is 0 Å². The van der Waals surface area contributed by atoms with Crippen molar-refractivity contribution in [2.75, 3.05) is 0 Å². The fraction of sp³-hybridized carbons (Fsp3) is 0.0909. The average molecular weight is 561 g/mol. The summed E-state index contributed by atoms with van der Waals surface area (Å²) in [4.78, 5) is 0. The summed E-state index contributed by atoms with van der Waals surface area (Å²) in [6.45, 7) is 0. The largest absolute Gasteiger partial charge is 0.0616 e. The molecule has 0 heterocycles. The van der Waals surface area contributed by atoms with Crippen molar-refractivity contribution in [3.05, 3.63) is 157 Å². The molecule has 0 saturated heterocycles. The molecule has 8 aromatic rings. The van der Waals surface area contributed by atoms with Crippen LogP contribution in [0.15, 0.2) is 146 Å². The van der Waals surface area contributed by atoms with E-state index < -0.39 is 0 Å². The highest BCUT2D eigenvalue weighted by molar-refractivity contribution is 6.21. The Bertz CT molecular complexity index is 2320. The van der Waals surface area contributed by atoms with Gasteiger partial charge in [0.2, 0.25) is 0 Å². The average Bonchev–Trinajstić information content (AvgIpc) is 3.09. The maximum absolute atomic E-state index is 2.44. The van der Waals surface area contributed by atoms with Gasteiger partial charge in [-0.15, -0.1) is 0 Å². The van der Waals surface area contributed by atoms with E-state index in [1.165, 1.54) is 102 Å². The molecule has 0 saturated carbocycles. The summed E-state index contributed by atoms with van der Waals surface area (Å²) in [5.74, 6) is 0. The van der Waals surface area contributed by atoms with Crippen LogP contribution in [0.4, 0.5) is 0 Å². The zero-order chi connectivity index (χ0) is 29.0. The Morgan fingerprint density at radius 2 is 0.727 bits per heavy atom. The van der Waals surface area contributed by atoms with Gasteiger partial charge >= 0.3 is 0 Å². The highest BCUT2D eigenvalue weighted by Crippen LogP contribution is 2.44.